The number of amides is 1. The predicted molar refractivity (Wildman–Crippen MR) is 125 cm³/mol. The first-order chi connectivity index (χ1) is 16.2. The van der Waals surface area contributed by atoms with Gasteiger partial charge in [0, 0.05) is 16.1 Å². The van der Waals surface area contributed by atoms with Gasteiger partial charge in [-0.2, -0.15) is 5.10 Å². The molecule has 0 bridgehead atoms. The highest BCUT2D eigenvalue weighted by molar-refractivity contribution is 9.10. The summed E-state index contributed by atoms with van der Waals surface area (Å²) in [7, 11) is 0. The summed E-state index contributed by atoms with van der Waals surface area (Å²) in [4.78, 5) is 44.6. The number of esters is 1. The summed E-state index contributed by atoms with van der Waals surface area (Å²) < 4.78 is 6.13. The summed E-state index contributed by atoms with van der Waals surface area (Å²) in [6.07, 6.45) is 0.944. The Bertz CT molecular complexity index is 1280. The van der Waals surface area contributed by atoms with Crippen LogP contribution >= 0.6 is 15.9 Å². The van der Waals surface area contributed by atoms with Crippen molar-refractivity contribution in [2.24, 2.45) is 5.10 Å². The summed E-state index contributed by atoms with van der Waals surface area (Å²) in [5.74, 6) is -0.839. The maximum absolute atomic E-state index is 12.1. The number of benzene rings is 3. The summed E-state index contributed by atoms with van der Waals surface area (Å²) in [5.41, 5.74) is 2.27. The quantitative estimate of drug-likeness (QED) is 0.152. The van der Waals surface area contributed by atoms with E-state index < -0.39 is 39.5 Å². The Kier molecular flexibility index (Phi) is 7.77. The molecule has 172 valence electrons. The lowest BCUT2D eigenvalue weighted by molar-refractivity contribution is -0.394. The molecule has 0 spiro atoms. The zero-order valence-corrected chi connectivity index (χ0v) is 18.8. The van der Waals surface area contributed by atoms with Crippen LogP contribution in [0.4, 0.5) is 11.4 Å². The molecule has 3 aromatic carbocycles. The van der Waals surface area contributed by atoms with Crippen LogP contribution in [0, 0.1) is 20.2 Å². The summed E-state index contributed by atoms with van der Waals surface area (Å²) in [5, 5.41) is 25.7. The molecule has 1 N–H and O–H groups in total. The fourth-order valence-corrected chi connectivity index (χ4v) is 3.01. The van der Waals surface area contributed by atoms with Crippen LogP contribution in [0.15, 0.2) is 76.3 Å². The second-order valence-corrected chi connectivity index (χ2v) is 7.68. The number of carbonyl (C=O) groups excluding carboxylic acids is 2. The van der Waals surface area contributed by atoms with E-state index in [1.165, 1.54) is 6.21 Å². The SMILES string of the molecule is O=C(Cc1ccc([N+](=O)[O-])cc1[N+](=O)[O-])N/N=C/c1ccc(OC(=O)c2ccc(Br)cc2)cc1. The Morgan fingerprint density at radius 3 is 2.26 bits per heavy atom. The summed E-state index contributed by atoms with van der Waals surface area (Å²) in [6, 6.07) is 16.1. The fourth-order valence-electron chi connectivity index (χ4n) is 2.75. The van der Waals surface area contributed by atoms with E-state index in [9.17, 15) is 29.8 Å². The van der Waals surface area contributed by atoms with Gasteiger partial charge in [-0.3, -0.25) is 25.0 Å². The molecule has 34 heavy (non-hydrogen) atoms. The zero-order chi connectivity index (χ0) is 24.7. The fraction of sp³-hybridized carbons (Fsp3) is 0.0455. The van der Waals surface area contributed by atoms with Crippen LogP contribution in [-0.4, -0.2) is 27.9 Å². The molecule has 0 fully saturated rings. The topological polar surface area (TPSA) is 154 Å². The van der Waals surface area contributed by atoms with Crippen molar-refractivity contribution in [1.29, 1.82) is 0 Å². The minimum absolute atomic E-state index is 0.0141. The van der Waals surface area contributed by atoms with Gasteiger partial charge in [-0.1, -0.05) is 15.9 Å². The number of rotatable bonds is 8. The molecule has 1 amide bonds. The van der Waals surface area contributed by atoms with Crippen molar-refractivity contribution in [1.82, 2.24) is 5.43 Å². The van der Waals surface area contributed by atoms with E-state index in [0.717, 1.165) is 22.7 Å². The van der Waals surface area contributed by atoms with Crippen LogP contribution in [0.25, 0.3) is 0 Å². The molecular weight excluding hydrogens is 512 g/mol. The van der Waals surface area contributed by atoms with E-state index in [-0.39, 0.29) is 5.56 Å². The highest BCUT2D eigenvalue weighted by atomic mass is 79.9. The number of non-ortho nitro benzene ring substituents is 1. The molecule has 0 aliphatic carbocycles. The van der Waals surface area contributed by atoms with E-state index >= 15 is 0 Å². The minimum Gasteiger partial charge on any atom is -0.423 e. The van der Waals surface area contributed by atoms with E-state index in [0.29, 0.717) is 16.9 Å². The van der Waals surface area contributed by atoms with Crippen LogP contribution in [-0.2, 0) is 11.2 Å². The van der Waals surface area contributed by atoms with Crippen LogP contribution in [0.2, 0.25) is 0 Å². The molecule has 0 radical (unpaired) electrons. The van der Waals surface area contributed by atoms with Crippen molar-refractivity contribution in [3.63, 3.8) is 0 Å². The van der Waals surface area contributed by atoms with Gasteiger partial charge in [0.25, 0.3) is 11.4 Å². The van der Waals surface area contributed by atoms with Gasteiger partial charge in [0.15, 0.2) is 0 Å². The maximum Gasteiger partial charge on any atom is 0.343 e. The first-order valence-electron chi connectivity index (χ1n) is 9.54. The second-order valence-electron chi connectivity index (χ2n) is 6.76. The molecule has 12 heteroatoms. The lowest BCUT2D eigenvalue weighted by Gasteiger charge is -2.05. The number of halogens is 1. The lowest BCUT2D eigenvalue weighted by Crippen LogP contribution is -2.20. The molecule has 3 aromatic rings. The van der Waals surface area contributed by atoms with Crippen molar-refractivity contribution < 1.29 is 24.2 Å². The second kappa shape index (κ2) is 10.9. The average Bonchev–Trinajstić information content (AvgIpc) is 2.80. The van der Waals surface area contributed by atoms with Crippen LogP contribution in [0.3, 0.4) is 0 Å². The number of hydrogen-bond acceptors (Lipinski definition) is 8. The average molecular weight is 527 g/mol. The third kappa shape index (κ3) is 6.53. The van der Waals surface area contributed by atoms with Gasteiger partial charge in [-0.05, 0) is 60.2 Å². The molecule has 0 aliphatic rings. The monoisotopic (exact) mass is 526 g/mol. The van der Waals surface area contributed by atoms with Gasteiger partial charge in [0.05, 0.1) is 34.1 Å². The normalized spacial score (nSPS) is 10.6. The van der Waals surface area contributed by atoms with Crippen molar-refractivity contribution >= 4 is 45.4 Å². The summed E-state index contributed by atoms with van der Waals surface area (Å²) >= 11 is 3.29. The van der Waals surface area contributed by atoms with Crippen LogP contribution in [0.5, 0.6) is 5.75 Å². The number of nitrogens with zero attached hydrogens (tertiary/aromatic N) is 3. The Balaban J connectivity index is 1.56. The highest BCUT2D eigenvalue weighted by Crippen LogP contribution is 2.25. The Hall–Kier alpha value is -4.45. The number of nitro groups is 2. The van der Waals surface area contributed by atoms with Gasteiger partial charge in [0.1, 0.15) is 5.75 Å². The van der Waals surface area contributed by atoms with Crippen molar-refractivity contribution in [2.75, 3.05) is 0 Å². The molecule has 11 nitrogen and oxygen atoms in total. The number of hydrazone groups is 1. The van der Waals surface area contributed by atoms with Gasteiger partial charge in [-0.15, -0.1) is 0 Å². The Morgan fingerprint density at radius 2 is 1.65 bits per heavy atom. The smallest absolute Gasteiger partial charge is 0.343 e. The van der Waals surface area contributed by atoms with Crippen LogP contribution in [0.1, 0.15) is 21.5 Å². The van der Waals surface area contributed by atoms with Gasteiger partial charge in [0.2, 0.25) is 5.91 Å². The standard InChI is InChI=1S/C22H15BrN4O7/c23-17-6-3-15(4-7-17)22(29)34-19-9-1-14(2-10-19)13-24-25-21(28)11-16-5-8-18(26(30)31)12-20(16)27(32)33/h1-10,12-13H,11H2,(H,25,28)/b24-13+. The minimum atomic E-state index is -0.788. The highest BCUT2D eigenvalue weighted by Gasteiger charge is 2.21. The largest absolute Gasteiger partial charge is 0.423 e. The molecule has 0 heterocycles. The van der Waals surface area contributed by atoms with Gasteiger partial charge < -0.3 is 4.74 Å². The Morgan fingerprint density at radius 1 is 0.971 bits per heavy atom. The molecular formula is C22H15BrN4O7. The maximum atomic E-state index is 12.1. The first kappa shape index (κ1) is 24.2. The molecule has 0 unspecified atom stereocenters. The van der Waals surface area contributed by atoms with Crippen molar-refractivity contribution in [3.05, 3.63) is 108 Å². The lowest BCUT2D eigenvalue weighted by atomic mass is 10.1. The third-order valence-corrected chi connectivity index (χ3v) is 4.93. The molecule has 0 aliphatic heterocycles. The van der Waals surface area contributed by atoms with Crippen molar-refractivity contribution in [3.8, 4) is 5.75 Å². The zero-order valence-electron chi connectivity index (χ0n) is 17.2. The number of nitrogens with one attached hydrogen (secondary N) is 1. The van der Waals surface area contributed by atoms with Crippen molar-refractivity contribution in [2.45, 2.75) is 6.42 Å². The number of carbonyl (C=O) groups is 2. The third-order valence-electron chi connectivity index (χ3n) is 4.40. The molecule has 3 rings (SSSR count). The Labute approximate surface area is 200 Å². The molecule has 0 aromatic heterocycles. The van der Waals surface area contributed by atoms with E-state index in [2.05, 4.69) is 26.5 Å². The molecule has 0 atom stereocenters. The molecule has 0 saturated heterocycles. The number of nitro benzene ring substituents is 2. The van der Waals surface area contributed by atoms with E-state index in [1.54, 1.807) is 48.5 Å². The van der Waals surface area contributed by atoms with Gasteiger partial charge in [-0.25, -0.2) is 10.2 Å². The predicted octanol–water partition coefficient (Wildman–Crippen LogP) is 4.18. The summed E-state index contributed by atoms with van der Waals surface area (Å²) in [6.45, 7) is 0. The number of ether oxygens (including phenoxy) is 1. The van der Waals surface area contributed by atoms with E-state index in [4.69, 9.17) is 4.74 Å². The van der Waals surface area contributed by atoms with Gasteiger partial charge >= 0.3 is 5.97 Å². The number of hydrogen-bond donors (Lipinski definition) is 1. The van der Waals surface area contributed by atoms with E-state index in [1.807, 2.05) is 0 Å². The van der Waals surface area contributed by atoms with Crippen LogP contribution < -0.4 is 10.2 Å². The first-order valence-corrected chi connectivity index (χ1v) is 10.3. The molecule has 0 saturated carbocycles.